The van der Waals surface area contributed by atoms with E-state index in [1.807, 2.05) is 0 Å². The summed E-state index contributed by atoms with van der Waals surface area (Å²) in [7, 11) is 0. The number of aliphatic carboxylic acids is 1. The number of carboxylic acids is 1. The standard InChI is InChI=1S/C7H13NO4S/c1-5(10)2-13-3-6(7(11)12)8-4-9/h4-6,10H,2-3H2,1H3,(H,8,9)(H,11,12). The van der Waals surface area contributed by atoms with Gasteiger partial charge in [0, 0.05) is 11.5 Å². The summed E-state index contributed by atoms with van der Waals surface area (Å²) in [5.41, 5.74) is 0. The van der Waals surface area contributed by atoms with Crippen LogP contribution in [-0.4, -0.2) is 46.2 Å². The number of carbonyl (C=O) groups is 2. The van der Waals surface area contributed by atoms with Crippen LogP contribution in [0.3, 0.4) is 0 Å². The molecule has 0 radical (unpaired) electrons. The summed E-state index contributed by atoms with van der Waals surface area (Å²) < 4.78 is 0. The van der Waals surface area contributed by atoms with Crippen molar-refractivity contribution in [3.05, 3.63) is 0 Å². The normalized spacial score (nSPS) is 14.6. The maximum Gasteiger partial charge on any atom is 0.327 e. The molecule has 0 aliphatic carbocycles. The fourth-order valence-corrected chi connectivity index (χ4v) is 1.58. The molecule has 6 heteroatoms. The molecule has 0 spiro atoms. The lowest BCUT2D eigenvalue weighted by Crippen LogP contribution is -2.38. The number of carbonyl (C=O) groups excluding carboxylic acids is 1. The first kappa shape index (κ1) is 12.2. The number of hydrogen-bond donors (Lipinski definition) is 3. The number of nitrogens with one attached hydrogen (secondary N) is 1. The maximum atomic E-state index is 10.5. The molecule has 0 heterocycles. The van der Waals surface area contributed by atoms with Crippen molar-refractivity contribution in [3.8, 4) is 0 Å². The molecule has 0 aliphatic rings. The molecule has 3 N–H and O–H groups in total. The maximum absolute atomic E-state index is 10.5. The smallest absolute Gasteiger partial charge is 0.327 e. The van der Waals surface area contributed by atoms with Crippen molar-refractivity contribution in [1.82, 2.24) is 5.32 Å². The second-order valence-electron chi connectivity index (χ2n) is 2.56. The van der Waals surface area contributed by atoms with Gasteiger partial charge in [0.05, 0.1) is 6.10 Å². The molecule has 2 atom stereocenters. The summed E-state index contributed by atoms with van der Waals surface area (Å²) in [5, 5.41) is 19.6. The number of aliphatic hydroxyl groups is 1. The molecule has 0 aliphatic heterocycles. The molecule has 2 unspecified atom stereocenters. The minimum atomic E-state index is -1.06. The molecule has 0 rings (SSSR count). The van der Waals surface area contributed by atoms with E-state index >= 15 is 0 Å². The molecule has 1 amide bonds. The highest BCUT2D eigenvalue weighted by molar-refractivity contribution is 7.99. The van der Waals surface area contributed by atoms with E-state index in [-0.39, 0.29) is 5.75 Å². The molecule has 0 saturated heterocycles. The van der Waals surface area contributed by atoms with Crippen LogP contribution in [-0.2, 0) is 9.59 Å². The van der Waals surface area contributed by atoms with Gasteiger partial charge in [-0.1, -0.05) is 0 Å². The van der Waals surface area contributed by atoms with Crippen LogP contribution in [0.5, 0.6) is 0 Å². The van der Waals surface area contributed by atoms with Gasteiger partial charge in [0.15, 0.2) is 0 Å². The lowest BCUT2D eigenvalue weighted by molar-refractivity contribution is -0.139. The summed E-state index contributed by atoms with van der Waals surface area (Å²) in [6.07, 6.45) is -0.0995. The van der Waals surface area contributed by atoms with E-state index in [0.29, 0.717) is 12.2 Å². The van der Waals surface area contributed by atoms with Gasteiger partial charge >= 0.3 is 5.97 Å². The fourth-order valence-electron chi connectivity index (χ4n) is 0.629. The van der Waals surface area contributed by atoms with Crippen LogP contribution in [0, 0.1) is 0 Å². The van der Waals surface area contributed by atoms with Crippen molar-refractivity contribution >= 4 is 24.1 Å². The fraction of sp³-hybridized carbons (Fsp3) is 0.714. The average Bonchev–Trinajstić information content (AvgIpc) is 2.02. The summed E-state index contributed by atoms with van der Waals surface area (Å²) in [4.78, 5) is 20.5. The Hall–Kier alpha value is -0.750. The largest absolute Gasteiger partial charge is 0.480 e. The first-order valence-corrected chi connectivity index (χ1v) is 4.91. The Labute approximate surface area is 80.5 Å². The van der Waals surface area contributed by atoms with Crippen LogP contribution >= 0.6 is 11.8 Å². The summed E-state index contributed by atoms with van der Waals surface area (Å²) >= 11 is 1.29. The van der Waals surface area contributed by atoms with Crippen molar-refractivity contribution in [2.75, 3.05) is 11.5 Å². The molecule has 0 aromatic rings. The molecule has 0 bridgehead atoms. The van der Waals surface area contributed by atoms with Gasteiger partial charge in [0.25, 0.3) is 0 Å². The molecule has 0 saturated carbocycles. The first-order valence-electron chi connectivity index (χ1n) is 3.76. The third-order valence-corrected chi connectivity index (χ3v) is 2.50. The number of carboxylic acid groups (broad SMARTS) is 1. The Morgan fingerprint density at radius 3 is 2.62 bits per heavy atom. The number of amides is 1. The van der Waals surface area contributed by atoms with Gasteiger partial charge in [-0.25, -0.2) is 4.79 Å². The lowest BCUT2D eigenvalue weighted by Gasteiger charge is -2.10. The van der Waals surface area contributed by atoms with E-state index in [4.69, 9.17) is 10.2 Å². The number of hydrogen-bond acceptors (Lipinski definition) is 4. The predicted octanol–water partition coefficient (Wildman–Crippen LogP) is -0.700. The Kier molecular flexibility index (Phi) is 6.34. The van der Waals surface area contributed by atoms with Crippen LogP contribution in [0.2, 0.25) is 0 Å². The highest BCUT2D eigenvalue weighted by Gasteiger charge is 2.15. The second-order valence-corrected chi connectivity index (χ2v) is 3.64. The van der Waals surface area contributed by atoms with Crippen molar-refractivity contribution in [1.29, 1.82) is 0 Å². The molecule has 0 fully saturated rings. The highest BCUT2D eigenvalue weighted by atomic mass is 32.2. The van der Waals surface area contributed by atoms with Crippen LogP contribution in [0.4, 0.5) is 0 Å². The third kappa shape index (κ3) is 6.41. The quantitative estimate of drug-likeness (QED) is 0.480. The van der Waals surface area contributed by atoms with Crippen molar-refractivity contribution in [2.45, 2.75) is 19.1 Å². The van der Waals surface area contributed by atoms with Crippen molar-refractivity contribution < 1.29 is 19.8 Å². The number of rotatable bonds is 7. The molecule has 0 aromatic heterocycles. The zero-order valence-electron chi connectivity index (χ0n) is 7.27. The lowest BCUT2D eigenvalue weighted by atomic mass is 10.3. The van der Waals surface area contributed by atoms with Gasteiger partial charge in [-0.3, -0.25) is 4.79 Å². The van der Waals surface area contributed by atoms with E-state index in [1.165, 1.54) is 11.8 Å². The molecule has 5 nitrogen and oxygen atoms in total. The minimum absolute atomic E-state index is 0.263. The van der Waals surface area contributed by atoms with Gasteiger partial charge in [0.2, 0.25) is 6.41 Å². The Morgan fingerprint density at radius 2 is 2.23 bits per heavy atom. The minimum Gasteiger partial charge on any atom is -0.480 e. The molecular weight excluding hydrogens is 194 g/mol. The van der Waals surface area contributed by atoms with Crippen molar-refractivity contribution in [3.63, 3.8) is 0 Å². The van der Waals surface area contributed by atoms with Crippen LogP contribution in [0.15, 0.2) is 0 Å². The summed E-state index contributed by atoms with van der Waals surface area (Å²) in [5.74, 6) is -0.339. The monoisotopic (exact) mass is 207 g/mol. The first-order chi connectivity index (χ1) is 6.07. The topological polar surface area (TPSA) is 86.6 Å². The van der Waals surface area contributed by atoms with Crippen molar-refractivity contribution in [2.24, 2.45) is 0 Å². The molecular formula is C7H13NO4S. The molecule has 0 aromatic carbocycles. The van der Waals surface area contributed by atoms with E-state index in [2.05, 4.69) is 5.32 Å². The Morgan fingerprint density at radius 1 is 1.62 bits per heavy atom. The van der Waals surface area contributed by atoms with E-state index in [1.54, 1.807) is 6.92 Å². The van der Waals surface area contributed by atoms with Crippen LogP contribution in [0.25, 0.3) is 0 Å². The zero-order chi connectivity index (χ0) is 10.3. The van der Waals surface area contributed by atoms with E-state index in [0.717, 1.165) is 0 Å². The van der Waals surface area contributed by atoms with Crippen LogP contribution < -0.4 is 5.32 Å². The highest BCUT2D eigenvalue weighted by Crippen LogP contribution is 2.04. The Balaban J connectivity index is 3.69. The average molecular weight is 207 g/mol. The van der Waals surface area contributed by atoms with Gasteiger partial charge in [-0.05, 0) is 6.92 Å². The summed E-state index contributed by atoms with van der Waals surface area (Å²) in [6.45, 7) is 1.62. The van der Waals surface area contributed by atoms with Crippen LogP contribution in [0.1, 0.15) is 6.92 Å². The zero-order valence-corrected chi connectivity index (χ0v) is 8.08. The summed E-state index contributed by atoms with van der Waals surface area (Å²) in [6, 6.07) is -0.874. The third-order valence-electron chi connectivity index (χ3n) is 1.21. The van der Waals surface area contributed by atoms with Gasteiger partial charge < -0.3 is 15.5 Å². The van der Waals surface area contributed by atoms with E-state index in [9.17, 15) is 9.59 Å². The second kappa shape index (κ2) is 6.73. The Bertz CT molecular complexity index is 174. The van der Waals surface area contributed by atoms with E-state index < -0.39 is 18.1 Å². The van der Waals surface area contributed by atoms with Gasteiger partial charge in [0.1, 0.15) is 6.04 Å². The number of thioether (sulfide) groups is 1. The SMILES string of the molecule is CC(O)CSCC(NC=O)C(=O)O. The number of aliphatic hydroxyl groups excluding tert-OH is 1. The van der Waals surface area contributed by atoms with Gasteiger partial charge in [-0.15, -0.1) is 0 Å². The molecule has 13 heavy (non-hydrogen) atoms. The van der Waals surface area contributed by atoms with Gasteiger partial charge in [-0.2, -0.15) is 11.8 Å². The molecule has 76 valence electrons. The predicted molar refractivity (Wildman–Crippen MR) is 49.6 cm³/mol.